The summed E-state index contributed by atoms with van der Waals surface area (Å²) in [6.45, 7) is -0.0527. The highest BCUT2D eigenvalue weighted by Gasteiger charge is 2.35. The number of amides is 2. The van der Waals surface area contributed by atoms with Gasteiger partial charge in [-0.15, -0.1) is 12.4 Å². The molecule has 0 radical (unpaired) electrons. The SMILES string of the molecule is Cl.NC1(C(=O)Nc2cc3c(cc2Cl)NC(=O)CO3)CCCCC1. The van der Waals surface area contributed by atoms with Crippen LogP contribution in [-0.2, 0) is 9.59 Å². The Morgan fingerprint density at radius 2 is 2.00 bits per heavy atom. The number of halogens is 2. The maximum Gasteiger partial charge on any atom is 0.262 e. The molecule has 1 heterocycles. The molecule has 23 heavy (non-hydrogen) atoms. The summed E-state index contributed by atoms with van der Waals surface area (Å²) in [7, 11) is 0. The maximum absolute atomic E-state index is 12.5. The number of hydrogen-bond donors (Lipinski definition) is 3. The van der Waals surface area contributed by atoms with Crippen LogP contribution in [0.1, 0.15) is 32.1 Å². The Bertz CT molecular complexity index is 631. The number of carbonyl (C=O) groups excluding carboxylic acids is 2. The number of ether oxygens (including phenoxy) is 1. The molecule has 0 spiro atoms. The first-order valence-electron chi connectivity index (χ1n) is 7.34. The second-order valence-corrected chi connectivity index (χ2v) is 6.24. The summed E-state index contributed by atoms with van der Waals surface area (Å²) in [6, 6.07) is 3.18. The highest BCUT2D eigenvalue weighted by molar-refractivity contribution is 6.34. The molecule has 3 rings (SSSR count). The summed E-state index contributed by atoms with van der Waals surface area (Å²) in [5, 5.41) is 5.79. The average molecular weight is 360 g/mol. The minimum absolute atomic E-state index is 0. The molecule has 0 unspecified atom stereocenters. The van der Waals surface area contributed by atoms with Gasteiger partial charge in [-0.1, -0.05) is 30.9 Å². The molecule has 126 valence electrons. The van der Waals surface area contributed by atoms with Gasteiger partial charge < -0.3 is 21.1 Å². The van der Waals surface area contributed by atoms with Crippen LogP contribution in [0, 0.1) is 0 Å². The van der Waals surface area contributed by atoms with Crippen LogP contribution >= 0.6 is 24.0 Å². The van der Waals surface area contributed by atoms with Crippen molar-refractivity contribution in [3.05, 3.63) is 17.2 Å². The average Bonchev–Trinajstić information content (AvgIpc) is 2.49. The Kier molecular flexibility index (Phi) is 5.39. The van der Waals surface area contributed by atoms with E-state index in [4.69, 9.17) is 22.1 Å². The molecule has 2 aliphatic rings. The van der Waals surface area contributed by atoms with Crippen molar-refractivity contribution in [2.75, 3.05) is 17.2 Å². The summed E-state index contributed by atoms with van der Waals surface area (Å²) >= 11 is 6.17. The zero-order valence-corrected chi connectivity index (χ0v) is 14.1. The topological polar surface area (TPSA) is 93.5 Å². The van der Waals surface area contributed by atoms with E-state index in [1.165, 1.54) is 0 Å². The van der Waals surface area contributed by atoms with Crippen LogP contribution in [0.4, 0.5) is 11.4 Å². The lowest BCUT2D eigenvalue weighted by Gasteiger charge is -2.32. The smallest absolute Gasteiger partial charge is 0.262 e. The molecule has 1 aromatic rings. The molecular weight excluding hydrogens is 341 g/mol. The van der Waals surface area contributed by atoms with E-state index in [0.717, 1.165) is 19.3 Å². The number of nitrogens with two attached hydrogens (primary N) is 1. The highest BCUT2D eigenvalue weighted by atomic mass is 35.5. The first-order valence-corrected chi connectivity index (χ1v) is 7.72. The summed E-state index contributed by atoms with van der Waals surface area (Å²) in [4.78, 5) is 23.7. The van der Waals surface area contributed by atoms with Crippen LogP contribution in [0.25, 0.3) is 0 Å². The normalized spacial score (nSPS) is 18.8. The van der Waals surface area contributed by atoms with Gasteiger partial charge in [0.15, 0.2) is 6.61 Å². The van der Waals surface area contributed by atoms with E-state index in [1.54, 1.807) is 12.1 Å². The fraction of sp³-hybridized carbons (Fsp3) is 0.467. The third kappa shape index (κ3) is 3.71. The lowest BCUT2D eigenvalue weighted by atomic mass is 9.82. The second kappa shape index (κ2) is 6.95. The van der Waals surface area contributed by atoms with Gasteiger partial charge in [0.1, 0.15) is 5.75 Å². The van der Waals surface area contributed by atoms with Gasteiger partial charge >= 0.3 is 0 Å². The van der Waals surface area contributed by atoms with E-state index in [2.05, 4.69) is 10.6 Å². The van der Waals surface area contributed by atoms with Crippen LogP contribution in [0.5, 0.6) is 5.75 Å². The monoisotopic (exact) mass is 359 g/mol. The van der Waals surface area contributed by atoms with Gasteiger partial charge in [0, 0.05) is 6.07 Å². The minimum Gasteiger partial charge on any atom is -0.482 e. The van der Waals surface area contributed by atoms with Crippen molar-refractivity contribution in [3.8, 4) is 5.75 Å². The third-order valence-corrected chi connectivity index (χ3v) is 4.46. The van der Waals surface area contributed by atoms with Crippen molar-refractivity contribution in [1.82, 2.24) is 0 Å². The number of nitrogens with one attached hydrogen (secondary N) is 2. The minimum atomic E-state index is -0.841. The molecule has 1 fully saturated rings. The molecule has 0 atom stereocenters. The predicted octanol–water partition coefficient (Wildman–Crippen LogP) is 2.69. The Hall–Kier alpha value is -1.50. The van der Waals surface area contributed by atoms with Gasteiger partial charge in [-0.3, -0.25) is 9.59 Å². The fourth-order valence-electron chi connectivity index (χ4n) is 2.85. The molecule has 1 aliphatic heterocycles. The molecule has 6 nitrogen and oxygen atoms in total. The van der Waals surface area contributed by atoms with Crippen LogP contribution in [0.15, 0.2) is 12.1 Å². The molecule has 1 aliphatic carbocycles. The van der Waals surface area contributed by atoms with Crippen LogP contribution in [-0.4, -0.2) is 24.0 Å². The van der Waals surface area contributed by atoms with Crippen molar-refractivity contribution in [2.45, 2.75) is 37.6 Å². The van der Waals surface area contributed by atoms with Gasteiger partial charge in [0.2, 0.25) is 5.91 Å². The van der Waals surface area contributed by atoms with Gasteiger partial charge in [-0.05, 0) is 18.9 Å². The Morgan fingerprint density at radius 1 is 1.30 bits per heavy atom. The lowest BCUT2D eigenvalue weighted by molar-refractivity contribution is -0.122. The molecule has 0 aromatic heterocycles. The Labute approximate surface area is 145 Å². The van der Waals surface area contributed by atoms with E-state index in [0.29, 0.717) is 35.0 Å². The number of fused-ring (bicyclic) bond motifs is 1. The summed E-state index contributed by atoms with van der Waals surface area (Å²) in [5.74, 6) is 0.0198. The Morgan fingerprint density at radius 3 is 2.70 bits per heavy atom. The maximum atomic E-state index is 12.5. The predicted molar refractivity (Wildman–Crippen MR) is 91.5 cm³/mol. The van der Waals surface area contributed by atoms with Gasteiger partial charge in [0.25, 0.3) is 5.91 Å². The highest BCUT2D eigenvalue weighted by Crippen LogP contribution is 2.37. The number of rotatable bonds is 2. The van der Waals surface area contributed by atoms with E-state index in [1.807, 2.05) is 0 Å². The lowest BCUT2D eigenvalue weighted by Crippen LogP contribution is -2.52. The van der Waals surface area contributed by atoms with Gasteiger partial charge in [0.05, 0.1) is 21.9 Å². The molecule has 8 heteroatoms. The summed E-state index contributed by atoms with van der Waals surface area (Å²) in [6.07, 6.45) is 4.37. The number of carbonyl (C=O) groups is 2. The zero-order chi connectivity index (χ0) is 15.7. The van der Waals surface area contributed by atoms with Gasteiger partial charge in [-0.2, -0.15) is 0 Å². The van der Waals surface area contributed by atoms with E-state index in [-0.39, 0.29) is 30.8 Å². The molecule has 4 N–H and O–H groups in total. The molecule has 1 saturated carbocycles. The number of benzene rings is 1. The molecule has 0 bridgehead atoms. The fourth-order valence-corrected chi connectivity index (χ4v) is 3.06. The molecule has 0 saturated heterocycles. The number of hydrogen-bond acceptors (Lipinski definition) is 4. The van der Waals surface area contributed by atoms with Gasteiger partial charge in [-0.25, -0.2) is 0 Å². The van der Waals surface area contributed by atoms with Crippen LogP contribution in [0.3, 0.4) is 0 Å². The summed E-state index contributed by atoms with van der Waals surface area (Å²) < 4.78 is 5.33. The Balaban J connectivity index is 0.00000192. The zero-order valence-electron chi connectivity index (χ0n) is 12.5. The van der Waals surface area contributed by atoms with E-state index in [9.17, 15) is 9.59 Å². The summed E-state index contributed by atoms with van der Waals surface area (Å²) in [5.41, 5.74) is 6.31. The molecule has 2 amide bonds. The van der Waals surface area contributed by atoms with Crippen molar-refractivity contribution < 1.29 is 14.3 Å². The second-order valence-electron chi connectivity index (χ2n) is 5.84. The number of anilines is 2. The quantitative estimate of drug-likeness (QED) is 0.756. The van der Waals surface area contributed by atoms with E-state index >= 15 is 0 Å². The van der Waals surface area contributed by atoms with Crippen LogP contribution in [0.2, 0.25) is 5.02 Å². The van der Waals surface area contributed by atoms with E-state index < -0.39 is 5.54 Å². The first-order chi connectivity index (χ1) is 10.5. The van der Waals surface area contributed by atoms with Crippen molar-refractivity contribution >= 4 is 47.2 Å². The third-order valence-electron chi connectivity index (χ3n) is 4.15. The molecule has 1 aromatic carbocycles. The largest absolute Gasteiger partial charge is 0.482 e. The first kappa shape index (κ1) is 17.8. The van der Waals surface area contributed by atoms with Crippen LogP contribution < -0.4 is 21.1 Å². The van der Waals surface area contributed by atoms with Crippen molar-refractivity contribution in [2.24, 2.45) is 5.73 Å². The standard InChI is InChI=1S/C15H18ClN3O3.ClH/c16-9-6-11-12(22-8-13(20)18-11)7-10(9)19-14(21)15(17)4-2-1-3-5-15;/h6-7H,1-5,8,17H2,(H,18,20)(H,19,21);1H. The van der Waals surface area contributed by atoms with Crippen molar-refractivity contribution in [1.29, 1.82) is 0 Å². The van der Waals surface area contributed by atoms with Crippen molar-refractivity contribution in [3.63, 3.8) is 0 Å². The molecular formula is C15H19Cl2N3O3.